The molecule has 7 heteroatoms. The predicted octanol–water partition coefficient (Wildman–Crippen LogP) is 3.84. The molecule has 0 saturated heterocycles. The van der Waals surface area contributed by atoms with Crippen LogP contribution >= 0.6 is 0 Å². The fraction of sp³-hybridized carbons (Fsp3) is 0.238. The van der Waals surface area contributed by atoms with Gasteiger partial charge in [-0.2, -0.15) is 5.10 Å². The summed E-state index contributed by atoms with van der Waals surface area (Å²) in [5, 5.41) is 14.0. The number of aromatic carboxylic acids is 1. The highest BCUT2D eigenvalue weighted by atomic mass is 32.2. The van der Waals surface area contributed by atoms with Gasteiger partial charge in [-0.15, -0.1) is 0 Å². The number of carboxylic acids is 1. The first kappa shape index (κ1) is 19.8. The Labute approximate surface area is 164 Å². The van der Waals surface area contributed by atoms with Crippen molar-refractivity contribution in [3.63, 3.8) is 0 Å². The van der Waals surface area contributed by atoms with Crippen LogP contribution in [0.3, 0.4) is 0 Å². The molecule has 1 aromatic heterocycles. The SMILES string of the molecule is CC(C)Cc1ccc(-c2cc(C(=O)O)n(-c3ccc(S(C)(=O)=O)cc3)n2)cc1. The molecule has 3 rings (SSSR count). The van der Waals surface area contributed by atoms with Crippen LogP contribution in [0.4, 0.5) is 0 Å². The first-order valence-corrected chi connectivity index (χ1v) is 10.8. The van der Waals surface area contributed by atoms with Crippen molar-refractivity contribution in [2.75, 3.05) is 6.26 Å². The summed E-state index contributed by atoms with van der Waals surface area (Å²) in [6.45, 7) is 4.31. The van der Waals surface area contributed by atoms with Crippen molar-refractivity contribution < 1.29 is 18.3 Å². The Bertz CT molecular complexity index is 1100. The van der Waals surface area contributed by atoms with E-state index in [1.54, 1.807) is 12.1 Å². The first-order chi connectivity index (χ1) is 13.1. The highest BCUT2D eigenvalue weighted by Gasteiger charge is 2.17. The highest BCUT2D eigenvalue weighted by molar-refractivity contribution is 7.90. The zero-order chi connectivity index (χ0) is 20.5. The van der Waals surface area contributed by atoms with Crippen LogP contribution < -0.4 is 0 Å². The molecular formula is C21H22N2O4S. The molecule has 0 aliphatic carbocycles. The monoisotopic (exact) mass is 398 g/mol. The maximum absolute atomic E-state index is 11.7. The molecule has 6 nitrogen and oxygen atoms in total. The number of hydrogen-bond donors (Lipinski definition) is 1. The van der Waals surface area contributed by atoms with Crippen LogP contribution in [-0.4, -0.2) is 35.5 Å². The number of rotatable bonds is 6. The first-order valence-electron chi connectivity index (χ1n) is 8.88. The zero-order valence-electron chi connectivity index (χ0n) is 16.0. The fourth-order valence-electron chi connectivity index (χ4n) is 2.99. The topological polar surface area (TPSA) is 89.3 Å². The summed E-state index contributed by atoms with van der Waals surface area (Å²) in [7, 11) is -3.32. The van der Waals surface area contributed by atoms with Gasteiger partial charge in [-0.25, -0.2) is 17.9 Å². The van der Waals surface area contributed by atoms with Crippen molar-refractivity contribution in [1.29, 1.82) is 0 Å². The van der Waals surface area contributed by atoms with Gasteiger partial charge in [0.15, 0.2) is 15.5 Å². The van der Waals surface area contributed by atoms with Gasteiger partial charge < -0.3 is 5.11 Å². The minimum Gasteiger partial charge on any atom is -0.477 e. The molecule has 3 aromatic rings. The van der Waals surface area contributed by atoms with E-state index in [1.165, 1.54) is 28.4 Å². The maximum Gasteiger partial charge on any atom is 0.354 e. The largest absolute Gasteiger partial charge is 0.477 e. The quantitative estimate of drug-likeness (QED) is 0.681. The number of nitrogens with zero attached hydrogens (tertiary/aromatic N) is 2. The molecule has 0 spiro atoms. The van der Waals surface area contributed by atoms with Gasteiger partial charge in [-0.3, -0.25) is 0 Å². The standard InChI is InChI=1S/C21H22N2O4S/c1-14(2)12-15-4-6-16(7-5-15)19-13-20(21(24)25)23(22-19)17-8-10-18(11-9-17)28(3,26)27/h4-11,13-14H,12H2,1-3H3,(H,24,25). The predicted molar refractivity (Wildman–Crippen MR) is 108 cm³/mol. The molecule has 0 fully saturated rings. The van der Waals surface area contributed by atoms with Crippen molar-refractivity contribution in [3.8, 4) is 16.9 Å². The van der Waals surface area contributed by atoms with Crippen LogP contribution in [0.25, 0.3) is 16.9 Å². The van der Waals surface area contributed by atoms with E-state index in [-0.39, 0.29) is 10.6 Å². The Kier molecular flexibility index (Phi) is 5.38. The van der Waals surface area contributed by atoms with Gasteiger partial charge in [-0.05, 0) is 48.2 Å². The van der Waals surface area contributed by atoms with E-state index < -0.39 is 15.8 Å². The summed E-state index contributed by atoms with van der Waals surface area (Å²) in [6, 6.07) is 15.4. The van der Waals surface area contributed by atoms with Crippen LogP contribution in [0.5, 0.6) is 0 Å². The molecule has 1 N–H and O–H groups in total. The maximum atomic E-state index is 11.7. The lowest BCUT2D eigenvalue weighted by Crippen LogP contribution is -2.08. The summed E-state index contributed by atoms with van der Waals surface area (Å²) >= 11 is 0. The number of sulfone groups is 1. The Morgan fingerprint density at radius 2 is 1.68 bits per heavy atom. The van der Waals surface area contributed by atoms with Gasteiger partial charge in [0.25, 0.3) is 0 Å². The Hall–Kier alpha value is -2.93. The average molecular weight is 398 g/mol. The molecular weight excluding hydrogens is 376 g/mol. The van der Waals surface area contributed by atoms with E-state index in [1.807, 2.05) is 24.3 Å². The van der Waals surface area contributed by atoms with Gasteiger partial charge in [0.1, 0.15) is 0 Å². The Morgan fingerprint density at radius 3 is 2.18 bits per heavy atom. The summed E-state index contributed by atoms with van der Waals surface area (Å²) in [5.74, 6) is -0.555. The zero-order valence-corrected chi connectivity index (χ0v) is 16.8. The number of hydrogen-bond acceptors (Lipinski definition) is 4. The second kappa shape index (κ2) is 7.59. The second-order valence-corrected chi connectivity index (χ2v) is 9.21. The third-order valence-electron chi connectivity index (χ3n) is 4.33. The fourth-order valence-corrected chi connectivity index (χ4v) is 3.62. The molecule has 28 heavy (non-hydrogen) atoms. The molecule has 0 bridgehead atoms. The van der Waals surface area contributed by atoms with E-state index in [4.69, 9.17) is 0 Å². The molecule has 0 unspecified atom stereocenters. The average Bonchev–Trinajstić information content (AvgIpc) is 3.07. The third-order valence-corrected chi connectivity index (χ3v) is 5.46. The van der Waals surface area contributed by atoms with Crippen LogP contribution in [0.1, 0.15) is 29.9 Å². The summed E-state index contributed by atoms with van der Waals surface area (Å²) in [4.78, 5) is 11.9. The van der Waals surface area contributed by atoms with Gasteiger partial charge in [-0.1, -0.05) is 38.1 Å². The van der Waals surface area contributed by atoms with E-state index in [0.29, 0.717) is 17.3 Å². The van der Waals surface area contributed by atoms with Crippen LogP contribution in [0.15, 0.2) is 59.5 Å². The normalized spacial score (nSPS) is 11.7. The number of carboxylic acid groups (broad SMARTS) is 1. The molecule has 0 aliphatic rings. The third kappa shape index (κ3) is 4.31. The summed E-state index contributed by atoms with van der Waals surface area (Å²) in [5.41, 5.74) is 3.07. The van der Waals surface area contributed by atoms with Crippen molar-refractivity contribution in [3.05, 3.63) is 65.9 Å². The summed E-state index contributed by atoms with van der Waals surface area (Å²) < 4.78 is 24.6. The van der Waals surface area contributed by atoms with Gasteiger partial charge in [0.2, 0.25) is 0 Å². The number of benzene rings is 2. The van der Waals surface area contributed by atoms with Gasteiger partial charge in [0.05, 0.1) is 16.3 Å². The smallest absolute Gasteiger partial charge is 0.354 e. The molecule has 0 amide bonds. The molecule has 0 saturated carbocycles. The molecule has 1 heterocycles. The molecule has 2 aromatic carbocycles. The van der Waals surface area contributed by atoms with Crippen LogP contribution in [0, 0.1) is 5.92 Å². The minimum absolute atomic E-state index is 0.00774. The van der Waals surface area contributed by atoms with Crippen molar-refractivity contribution in [1.82, 2.24) is 9.78 Å². The lowest BCUT2D eigenvalue weighted by molar-refractivity contribution is 0.0687. The number of aromatic nitrogens is 2. The van der Waals surface area contributed by atoms with E-state index in [2.05, 4.69) is 18.9 Å². The molecule has 0 radical (unpaired) electrons. The van der Waals surface area contributed by atoms with Crippen LogP contribution in [-0.2, 0) is 16.3 Å². The Morgan fingerprint density at radius 1 is 1.07 bits per heavy atom. The van der Waals surface area contributed by atoms with Crippen molar-refractivity contribution in [2.45, 2.75) is 25.2 Å². The molecule has 0 aliphatic heterocycles. The second-order valence-electron chi connectivity index (χ2n) is 7.19. The van der Waals surface area contributed by atoms with E-state index in [9.17, 15) is 18.3 Å². The van der Waals surface area contributed by atoms with Gasteiger partial charge in [0, 0.05) is 11.8 Å². The lowest BCUT2D eigenvalue weighted by Gasteiger charge is -2.06. The van der Waals surface area contributed by atoms with Crippen molar-refractivity contribution >= 4 is 15.8 Å². The van der Waals surface area contributed by atoms with Crippen LogP contribution in [0.2, 0.25) is 0 Å². The van der Waals surface area contributed by atoms with Crippen molar-refractivity contribution in [2.24, 2.45) is 5.92 Å². The highest BCUT2D eigenvalue weighted by Crippen LogP contribution is 2.24. The number of carbonyl (C=O) groups is 1. The molecule has 0 atom stereocenters. The minimum atomic E-state index is -3.32. The van der Waals surface area contributed by atoms with E-state index >= 15 is 0 Å². The lowest BCUT2D eigenvalue weighted by atomic mass is 10.0. The molecule has 146 valence electrons. The Balaban J connectivity index is 1.99. The summed E-state index contributed by atoms with van der Waals surface area (Å²) in [6.07, 6.45) is 2.10. The van der Waals surface area contributed by atoms with Gasteiger partial charge >= 0.3 is 5.97 Å². The van der Waals surface area contributed by atoms with E-state index in [0.717, 1.165) is 18.2 Å².